The van der Waals surface area contributed by atoms with Gasteiger partial charge in [0.25, 0.3) is 0 Å². The molecule has 0 spiro atoms. The van der Waals surface area contributed by atoms with Crippen molar-refractivity contribution >= 4 is 5.91 Å². The number of nitrogens with one attached hydrogen (secondary N) is 2. The third kappa shape index (κ3) is 4.08. The van der Waals surface area contributed by atoms with Crippen LogP contribution in [0.5, 0.6) is 0 Å². The lowest BCUT2D eigenvalue weighted by Crippen LogP contribution is -2.49. The molecular formula is C18H25N3O. The van der Waals surface area contributed by atoms with Crippen molar-refractivity contribution in [3.8, 4) is 6.07 Å². The highest BCUT2D eigenvalue weighted by Crippen LogP contribution is 2.28. The molecule has 1 saturated carbocycles. The van der Waals surface area contributed by atoms with Gasteiger partial charge in [0.05, 0.1) is 12.6 Å². The van der Waals surface area contributed by atoms with Crippen molar-refractivity contribution in [2.75, 3.05) is 6.54 Å². The highest BCUT2D eigenvalue weighted by atomic mass is 16.2. The van der Waals surface area contributed by atoms with Gasteiger partial charge in [0, 0.05) is 6.04 Å². The minimum atomic E-state index is -0.632. The van der Waals surface area contributed by atoms with Crippen molar-refractivity contribution < 1.29 is 4.79 Å². The number of carbonyl (C=O) groups is 1. The van der Waals surface area contributed by atoms with Gasteiger partial charge in [0.2, 0.25) is 5.91 Å². The van der Waals surface area contributed by atoms with E-state index in [9.17, 15) is 10.1 Å². The van der Waals surface area contributed by atoms with E-state index in [0.717, 1.165) is 25.7 Å². The Hall–Kier alpha value is -1.86. The molecule has 0 unspecified atom stereocenters. The zero-order valence-corrected chi connectivity index (χ0v) is 13.4. The standard InChI is InChI=1S/C18H25N3O/c1-14(16-8-4-3-5-9-16)15(2)20-12-17(22)21-18(13-19)10-6-7-11-18/h3-5,8-9,14-15,20H,6-7,10-12H2,1-2H3,(H,21,22)/t14-,15+/m1/s1. The molecule has 1 aromatic rings. The van der Waals surface area contributed by atoms with Gasteiger partial charge in [-0.1, -0.05) is 37.3 Å². The average molecular weight is 299 g/mol. The largest absolute Gasteiger partial charge is 0.337 e. The molecule has 1 aliphatic rings. The smallest absolute Gasteiger partial charge is 0.235 e. The Morgan fingerprint density at radius 1 is 1.27 bits per heavy atom. The molecule has 1 aromatic carbocycles. The molecule has 0 saturated heterocycles. The number of amides is 1. The first-order valence-corrected chi connectivity index (χ1v) is 8.07. The van der Waals surface area contributed by atoms with Gasteiger partial charge >= 0.3 is 0 Å². The van der Waals surface area contributed by atoms with Gasteiger partial charge in [-0.15, -0.1) is 0 Å². The van der Waals surface area contributed by atoms with E-state index in [1.54, 1.807) is 0 Å². The lowest BCUT2D eigenvalue weighted by atomic mass is 9.94. The van der Waals surface area contributed by atoms with E-state index in [1.807, 2.05) is 18.2 Å². The first-order valence-electron chi connectivity index (χ1n) is 8.07. The summed E-state index contributed by atoms with van der Waals surface area (Å²) in [6.45, 7) is 4.49. The number of nitrogens with zero attached hydrogens (tertiary/aromatic N) is 1. The zero-order valence-electron chi connectivity index (χ0n) is 13.4. The molecule has 22 heavy (non-hydrogen) atoms. The minimum absolute atomic E-state index is 0.0874. The molecule has 2 rings (SSSR count). The van der Waals surface area contributed by atoms with Gasteiger partial charge in [-0.25, -0.2) is 0 Å². The van der Waals surface area contributed by atoms with Gasteiger partial charge < -0.3 is 10.6 Å². The summed E-state index contributed by atoms with van der Waals surface area (Å²) in [4.78, 5) is 12.1. The number of benzene rings is 1. The van der Waals surface area contributed by atoms with Gasteiger partial charge in [0.1, 0.15) is 5.54 Å². The summed E-state index contributed by atoms with van der Waals surface area (Å²) in [6, 6.07) is 12.7. The fourth-order valence-electron chi connectivity index (χ4n) is 3.03. The normalized spacial score (nSPS) is 19.1. The number of nitriles is 1. The average Bonchev–Trinajstić information content (AvgIpc) is 3.01. The Kier molecular flexibility index (Phi) is 5.57. The first kappa shape index (κ1) is 16.5. The summed E-state index contributed by atoms with van der Waals surface area (Å²) >= 11 is 0. The third-order valence-electron chi connectivity index (χ3n) is 4.71. The van der Waals surface area contributed by atoms with E-state index in [0.29, 0.717) is 5.92 Å². The summed E-state index contributed by atoms with van der Waals surface area (Å²) in [6.07, 6.45) is 3.57. The van der Waals surface area contributed by atoms with Crippen molar-refractivity contribution in [1.82, 2.24) is 10.6 Å². The van der Waals surface area contributed by atoms with Crippen LogP contribution in [0.25, 0.3) is 0 Å². The molecule has 0 bridgehead atoms. The van der Waals surface area contributed by atoms with Crippen LogP contribution in [0.4, 0.5) is 0 Å². The Bertz CT molecular complexity index is 529. The molecule has 0 aromatic heterocycles. The molecule has 1 fully saturated rings. The zero-order chi connectivity index (χ0) is 16.0. The van der Waals surface area contributed by atoms with Crippen LogP contribution >= 0.6 is 0 Å². The van der Waals surface area contributed by atoms with Crippen LogP contribution in [-0.2, 0) is 4.79 Å². The van der Waals surface area contributed by atoms with E-state index in [-0.39, 0.29) is 18.5 Å². The highest BCUT2D eigenvalue weighted by Gasteiger charge is 2.35. The molecular weight excluding hydrogens is 274 g/mol. The maximum absolute atomic E-state index is 12.1. The van der Waals surface area contributed by atoms with Gasteiger partial charge in [-0.05, 0) is 44.1 Å². The Labute approximate surface area is 132 Å². The number of rotatable bonds is 6. The third-order valence-corrected chi connectivity index (χ3v) is 4.71. The van der Waals surface area contributed by atoms with Crippen LogP contribution in [0.2, 0.25) is 0 Å². The highest BCUT2D eigenvalue weighted by molar-refractivity contribution is 5.79. The molecule has 4 nitrogen and oxygen atoms in total. The van der Waals surface area contributed by atoms with Crippen molar-refractivity contribution in [1.29, 1.82) is 5.26 Å². The van der Waals surface area contributed by atoms with E-state index in [1.165, 1.54) is 5.56 Å². The van der Waals surface area contributed by atoms with Crippen LogP contribution in [-0.4, -0.2) is 24.0 Å². The van der Waals surface area contributed by atoms with Crippen LogP contribution in [0.15, 0.2) is 30.3 Å². The summed E-state index contributed by atoms with van der Waals surface area (Å²) in [5.74, 6) is 0.237. The Morgan fingerprint density at radius 2 is 1.91 bits per heavy atom. The number of hydrogen-bond acceptors (Lipinski definition) is 3. The molecule has 4 heteroatoms. The molecule has 118 valence electrons. The molecule has 2 N–H and O–H groups in total. The van der Waals surface area contributed by atoms with Crippen LogP contribution in [0.1, 0.15) is 51.0 Å². The minimum Gasteiger partial charge on any atom is -0.337 e. The topological polar surface area (TPSA) is 64.9 Å². The fraction of sp³-hybridized carbons (Fsp3) is 0.556. The summed E-state index contributed by atoms with van der Waals surface area (Å²) in [7, 11) is 0. The number of hydrogen-bond donors (Lipinski definition) is 2. The van der Waals surface area contributed by atoms with Crippen molar-refractivity contribution in [3.63, 3.8) is 0 Å². The Morgan fingerprint density at radius 3 is 2.50 bits per heavy atom. The monoisotopic (exact) mass is 299 g/mol. The first-order chi connectivity index (χ1) is 10.6. The second-order valence-electron chi connectivity index (χ2n) is 6.32. The van der Waals surface area contributed by atoms with Crippen LogP contribution < -0.4 is 10.6 Å². The molecule has 0 heterocycles. The van der Waals surface area contributed by atoms with Crippen LogP contribution in [0, 0.1) is 11.3 Å². The van der Waals surface area contributed by atoms with E-state index in [4.69, 9.17) is 0 Å². The van der Waals surface area contributed by atoms with E-state index < -0.39 is 5.54 Å². The fourth-order valence-corrected chi connectivity index (χ4v) is 3.03. The maximum atomic E-state index is 12.1. The lowest BCUT2D eigenvalue weighted by molar-refractivity contribution is -0.121. The van der Waals surface area contributed by atoms with Crippen molar-refractivity contribution in [2.45, 2.75) is 57.0 Å². The second-order valence-corrected chi connectivity index (χ2v) is 6.32. The van der Waals surface area contributed by atoms with E-state index in [2.05, 4.69) is 42.7 Å². The summed E-state index contributed by atoms with van der Waals surface area (Å²) in [5, 5.41) is 15.5. The number of carbonyl (C=O) groups excluding carboxylic acids is 1. The maximum Gasteiger partial charge on any atom is 0.235 e. The Balaban J connectivity index is 1.82. The lowest BCUT2D eigenvalue weighted by Gasteiger charge is -2.25. The summed E-state index contributed by atoms with van der Waals surface area (Å²) < 4.78 is 0. The van der Waals surface area contributed by atoms with Gasteiger partial charge in [0.15, 0.2) is 0 Å². The molecule has 1 amide bonds. The van der Waals surface area contributed by atoms with Crippen molar-refractivity contribution in [3.05, 3.63) is 35.9 Å². The predicted molar refractivity (Wildman–Crippen MR) is 87.3 cm³/mol. The summed E-state index contributed by atoms with van der Waals surface area (Å²) in [5.41, 5.74) is 0.625. The molecule has 2 atom stereocenters. The molecule has 1 aliphatic carbocycles. The quantitative estimate of drug-likeness (QED) is 0.849. The van der Waals surface area contributed by atoms with Crippen molar-refractivity contribution in [2.24, 2.45) is 0 Å². The van der Waals surface area contributed by atoms with Crippen LogP contribution in [0.3, 0.4) is 0 Å². The second kappa shape index (κ2) is 7.42. The molecule has 0 aliphatic heterocycles. The SMILES string of the molecule is C[C@H](NCC(=O)NC1(C#N)CCCC1)[C@@H](C)c1ccccc1. The van der Waals surface area contributed by atoms with Gasteiger partial charge in [-0.3, -0.25) is 4.79 Å². The predicted octanol–water partition coefficient (Wildman–Crippen LogP) is 2.72. The van der Waals surface area contributed by atoms with E-state index >= 15 is 0 Å². The molecule has 0 radical (unpaired) electrons. The van der Waals surface area contributed by atoms with Gasteiger partial charge in [-0.2, -0.15) is 5.26 Å².